The Hall–Kier alpha value is -3.20. The molecule has 0 aromatic heterocycles. The van der Waals surface area contributed by atoms with Crippen LogP contribution in [0.15, 0.2) is 96.0 Å². The molecule has 3 aromatic rings. The molecular formula is C25H23NO2. The predicted molar refractivity (Wildman–Crippen MR) is 111 cm³/mol. The molecule has 3 aromatic carbocycles. The largest absolute Gasteiger partial charge is 0.428 e. The number of aliphatic imine (C=N–C) groups is 1. The Morgan fingerprint density at radius 2 is 1.43 bits per heavy atom. The van der Waals surface area contributed by atoms with E-state index in [0.717, 1.165) is 24.0 Å². The summed E-state index contributed by atoms with van der Waals surface area (Å²) in [5, 5.41) is 0. The molecule has 2 atom stereocenters. The van der Waals surface area contributed by atoms with Crippen LogP contribution in [-0.4, -0.2) is 11.7 Å². The molecule has 0 spiro atoms. The van der Waals surface area contributed by atoms with Crippen LogP contribution in [0, 0.1) is 5.92 Å². The van der Waals surface area contributed by atoms with Gasteiger partial charge in [0.05, 0.1) is 0 Å². The molecule has 0 aliphatic carbocycles. The fraction of sp³-hybridized carbons (Fsp3) is 0.200. The Morgan fingerprint density at radius 3 is 2.07 bits per heavy atom. The Balaban J connectivity index is 1.70. The van der Waals surface area contributed by atoms with Crippen molar-refractivity contribution in [3.05, 3.63) is 108 Å². The van der Waals surface area contributed by atoms with Crippen LogP contribution in [-0.2, 0) is 21.7 Å². The molecular weight excluding hydrogens is 346 g/mol. The van der Waals surface area contributed by atoms with E-state index in [1.165, 1.54) is 5.56 Å². The standard InChI is InChI=1S/C25H23NO2/c1-19(17-18-20-11-5-2-6-12-20)25(22-15-9-4-10-16-22)26-23(24(27)28-25)21-13-7-3-8-14-21/h2-16,19H,17-18H2,1H3/t19-,25?/m1/s1. The van der Waals surface area contributed by atoms with Crippen molar-refractivity contribution in [2.45, 2.75) is 25.5 Å². The second-order valence-electron chi connectivity index (χ2n) is 7.20. The Labute approximate surface area is 165 Å². The number of cyclic esters (lactones) is 1. The topological polar surface area (TPSA) is 38.7 Å². The van der Waals surface area contributed by atoms with E-state index in [1.54, 1.807) is 0 Å². The minimum absolute atomic E-state index is 0.0280. The summed E-state index contributed by atoms with van der Waals surface area (Å²) in [5.74, 6) is -0.332. The van der Waals surface area contributed by atoms with Crippen molar-refractivity contribution in [2.24, 2.45) is 10.9 Å². The molecule has 4 rings (SSSR count). The molecule has 1 unspecified atom stereocenters. The summed E-state index contributed by atoms with van der Waals surface area (Å²) < 4.78 is 6.01. The SMILES string of the molecule is C[C@H](CCc1ccccc1)C1(c2ccccc2)N=C(c2ccccc2)C(=O)O1. The zero-order valence-electron chi connectivity index (χ0n) is 15.9. The van der Waals surface area contributed by atoms with Crippen molar-refractivity contribution in [2.75, 3.05) is 0 Å². The highest BCUT2D eigenvalue weighted by Gasteiger charge is 2.47. The van der Waals surface area contributed by atoms with Crippen LogP contribution in [0.5, 0.6) is 0 Å². The Kier molecular flexibility index (Phi) is 5.07. The van der Waals surface area contributed by atoms with E-state index in [2.05, 4.69) is 19.1 Å². The lowest BCUT2D eigenvalue weighted by molar-refractivity contribution is -0.152. The van der Waals surface area contributed by atoms with Gasteiger partial charge in [0.15, 0.2) is 5.71 Å². The number of aryl methyl sites for hydroxylation is 1. The third kappa shape index (κ3) is 3.48. The summed E-state index contributed by atoms with van der Waals surface area (Å²) in [6, 6.07) is 29.8. The van der Waals surface area contributed by atoms with Crippen LogP contribution in [0.25, 0.3) is 0 Å². The van der Waals surface area contributed by atoms with Gasteiger partial charge in [-0.05, 0) is 18.4 Å². The third-order valence-electron chi connectivity index (χ3n) is 5.33. The van der Waals surface area contributed by atoms with Crippen LogP contribution < -0.4 is 0 Å². The van der Waals surface area contributed by atoms with E-state index in [0.29, 0.717) is 5.71 Å². The van der Waals surface area contributed by atoms with Crippen LogP contribution in [0.4, 0.5) is 0 Å². The summed E-state index contributed by atoms with van der Waals surface area (Å²) in [6.07, 6.45) is 1.77. The van der Waals surface area contributed by atoms with E-state index >= 15 is 0 Å². The van der Waals surface area contributed by atoms with Crippen molar-refractivity contribution in [1.29, 1.82) is 0 Å². The first-order valence-electron chi connectivity index (χ1n) is 9.67. The second kappa shape index (κ2) is 7.81. The first-order valence-corrected chi connectivity index (χ1v) is 9.67. The van der Waals surface area contributed by atoms with Gasteiger partial charge >= 0.3 is 5.97 Å². The van der Waals surface area contributed by atoms with Gasteiger partial charge in [0.2, 0.25) is 5.72 Å². The summed E-state index contributed by atoms with van der Waals surface area (Å²) in [4.78, 5) is 17.7. The molecule has 1 heterocycles. The molecule has 0 bridgehead atoms. The molecule has 0 radical (unpaired) electrons. The number of hydrogen-bond acceptors (Lipinski definition) is 3. The van der Waals surface area contributed by atoms with Gasteiger partial charge in [0.1, 0.15) is 0 Å². The van der Waals surface area contributed by atoms with Crippen molar-refractivity contribution in [3.8, 4) is 0 Å². The summed E-state index contributed by atoms with van der Waals surface area (Å²) in [7, 11) is 0. The van der Waals surface area contributed by atoms with Gasteiger partial charge in [-0.15, -0.1) is 0 Å². The van der Waals surface area contributed by atoms with Crippen molar-refractivity contribution < 1.29 is 9.53 Å². The number of carbonyl (C=O) groups excluding carboxylic acids is 1. The van der Waals surface area contributed by atoms with E-state index in [1.807, 2.05) is 78.9 Å². The number of benzene rings is 3. The molecule has 0 saturated carbocycles. The van der Waals surface area contributed by atoms with Gasteiger partial charge < -0.3 is 4.74 Å². The first kappa shape index (κ1) is 18.2. The molecule has 140 valence electrons. The summed E-state index contributed by atoms with van der Waals surface area (Å²) in [6.45, 7) is 2.11. The second-order valence-corrected chi connectivity index (χ2v) is 7.20. The number of rotatable bonds is 6. The fourth-order valence-corrected chi connectivity index (χ4v) is 3.72. The summed E-state index contributed by atoms with van der Waals surface area (Å²) >= 11 is 0. The van der Waals surface area contributed by atoms with E-state index < -0.39 is 5.72 Å². The molecule has 0 fully saturated rings. The molecule has 1 aliphatic heterocycles. The Bertz CT molecular complexity index is 967. The van der Waals surface area contributed by atoms with E-state index in [4.69, 9.17) is 9.73 Å². The van der Waals surface area contributed by atoms with Gasteiger partial charge in [0.25, 0.3) is 0 Å². The minimum atomic E-state index is -0.988. The lowest BCUT2D eigenvalue weighted by atomic mass is 9.86. The van der Waals surface area contributed by atoms with Crippen LogP contribution in [0.2, 0.25) is 0 Å². The number of carbonyl (C=O) groups is 1. The normalized spacial score (nSPS) is 19.8. The molecule has 1 aliphatic rings. The minimum Gasteiger partial charge on any atom is -0.428 e. The van der Waals surface area contributed by atoms with Gasteiger partial charge in [-0.3, -0.25) is 0 Å². The van der Waals surface area contributed by atoms with Gasteiger partial charge in [-0.25, -0.2) is 9.79 Å². The fourth-order valence-electron chi connectivity index (χ4n) is 3.72. The zero-order valence-corrected chi connectivity index (χ0v) is 15.9. The number of ether oxygens (including phenoxy) is 1. The highest BCUT2D eigenvalue weighted by molar-refractivity contribution is 6.44. The van der Waals surface area contributed by atoms with Gasteiger partial charge in [0, 0.05) is 17.0 Å². The van der Waals surface area contributed by atoms with Crippen LogP contribution in [0.1, 0.15) is 30.0 Å². The van der Waals surface area contributed by atoms with E-state index in [9.17, 15) is 4.79 Å². The molecule has 0 saturated heterocycles. The van der Waals surface area contributed by atoms with Crippen molar-refractivity contribution >= 4 is 11.7 Å². The molecule has 0 amide bonds. The monoisotopic (exact) mass is 369 g/mol. The average molecular weight is 369 g/mol. The first-order chi connectivity index (χ1) is 13.7. The highest BCUT2D eigenvalue weighted by Crippen LogP contribution is 2.42. The maximum absolute atomic E-state index is 12.8. The highest BCUT2D eigenvalue weighted by atomic mass is 16.6. The van der Waals surface area contributed by atoms with Crippen molar-refractivity contribution in [1.82, 2.24) is 0 Å². The maximum atomic E-state index is 12.8. The quantitative estimate of drug-likeness (QED) is 0.563. The number of nitrogens with zero attached hydrogens (tertiary/aromatic N) is 1. The Morgan fingerprint density at radius 1 is 0.857 bits per heavy atom. The number of hydrogen-bond donors (Lipinski definition) is 0. The summed E-state index contributed by atoms with van der Waals surface area (Å²) in [5.41, 5.74) is 2.39. The van der Waals surface area contributed by atoms with Crippen molar-refractivity contribution in [3.63, 3.8) is 0 Å². The lowest BCUT2D eigenvalue weighted by Crippen LogP contribution is -2.33. The maximum Gasteiger partial charge on any atom is 0.359 e. The van der Waals surface area contributed by atoms with E-state index in [-0.39, 0.29) is 11.9 Å². The number of esters is 1. The molecule has 28 heavy (non-hydrogen) atoms. The zero-order chi connectivity index (χ0) is 19.4. The van der Waals surface area contributed by atoms with Crippen LogP contribution in [0.3, 0.4) is 0 Å². The van der Waals surface area contributed by atoms with Crippen LogP contribution >= 0.6 is 0 Å². The van der Waals surface area contributed by atoms with Gasteiger partial charge in [-0.2, -0.15) is 0 Å². The smallest absolute Gasteiger partial charge is 0.359 e. The molecule has 3 nitrogen and oxygen atoms in total. The predicted octanol–water partition coefficient (Wildman–Crippen LogP) is 5.15. The molecule has 0 N–H and O–H groups in total. The molecule has 3 heteroatoms. The van der Waals surface area contributed by atoms with Gasteiger partial charge in [-0.1, -0.05) is 97.9 Å². The average Bonchev–Trinajstić information content (AvgIpc) is 3.12. The lowest BCUT2D eigenvalue weighted by Gasteiger charge is -2.31. The third-order valence-corrected chi connectivity index (χ3v) is 5.33.